The third kappa shape index (κ3) is 4.27. The molecule has 0 radical (unpaired) electrons. The van der Waals surface area contributed by atoms with Crippen LogP contribution >= 0.6 is 0 Å². The molecular formula is C18H33NO4. The summed E-state index contributed by atoms with van der Waals surface area (Å²) in [5.41, 5.74) is 0.314. The van der Waals surface area contributed by atoms with Crippen molar-refractivity contribution >= 4 is 0 Å². The number of allylic oxidation sites excluding steroid dienone is 1. The molecule has 2 N–H and O–H groups in total. The maximum absolute atomic E-state index is 10.5. The molecule has 1 saturated carbocycles. The molecule has 134 valence electrons. The Morgan fingerprint density at radius 2 is 1.83 bits per heavy atom. The standard InChI is InChI=1S/C18H33NO4/c1-6-11-19(13(2)20)16(21)15-12-22-18(23-15)9-7-14(8-10-18)17(3,4)5/h6,11,13-16,20-21H,7-10,12H2,1-5H3/b11-6+. The Bertz CT molecular complexity index is 408. The van der Waals surface area contributed by atoms with Gasteiger partial charge in [-0.3, -0.25) is 0 Å². The largest absolute Gasteiger partial charge is 0.374 e. The molecule has 0 aromatic carbocycles. The first-order valence-electron chi connectivity index (χ1n) is 8.77. The Kier molecular flexibility index (Phi) is 5.77. The van der Waals surface area contributed by atoms with Gasteiger partial charge in [-0.05, 0) is 44.2 Å². The minimum Gasteiger partial charge on any atom is -0.374 e. The molecule has 0 aromatic rings. The SMILES string of the molecule is C/C=C/N(C(C)O)C(O)C1COC2(CCC(C(C)(C)C)CC2)O1. The Hall–Kier alpha value is -0.620. The molecule has 1 heterocycles. The van der Waals surface area contributed by atoms with Crippen LogP contribution in [-0.4, -0.2) is 46.1 Å². The zero-order chi connectivity index (χ0) is 17.3. The molecule has 1 saturated heterocycles. The van der Waals surface area contributed by atoms with Crippen LogP contribution in [0.15, 0.2) is 12.3 Å². The lowest BCUT2D eigenvalue weighted by Gasteiger charge is -2.41. The van der Waals surface area contributed by atoms with E-state index in [1.54, 1.807) is 19.2 Å². The number of aliphatic hydroxyl groups excluding tert-OH is 2. The van der Waals surface area contributed by atoms with Crippen molar-refractivity contribution in [2.24, 2.45) is 11.3 Å². The van der Waals surface area contributed by atoms with Crippen molar-refractivity contribution in [3.8, 4) is 0 Å². The van der Waals surface area contributed by atoms with Crippen LogP contribution in [0.3, 0.4) is 0 Å². The average Bonchev–Trinajstić information content (AvgIpc) is 2.87. The fraction of sp³-hybridized carbons (Fsp3) is 0.889. The first kappa shape index (κ1) is 18.7. The van der Waals surface area contributed by atoms with E-state index in [1.165, 1.54) is 4.90 Å². The van der Waals surface area contributed by atoms with E-state index in [4.69, 9.17) is 9.47 Å². The number of aliphatic hydroxyl groups is 2. The summed E-state index contributed by atoms with van der Waals surface area (Å²) in [4.78, 5) is 1.49. The fourth-order valence-corrected chi connectivity index (χ4v) is 3.71. The summed E-state index contributed by atoms with van der Waals surface area (Å²) in [7, 11) is 0. The average molecular weight is 327 g/mol. The van der Waals surface area contributed by atoms with Crippen molar-refractivity contribution in [3.63, 3.8) is 0 Å². The Balaban J connectivity index is 1.96. The molecule has 0 amide bonds. The summed E-state index contributed by atoms with van der Waals surface area (Å²) >= 11 is 0. The van der Waals surface area contributed by atoms with E-state index in [-0.39, 0.29) is 0 Å². The minimum absolute atomic E-state index is 0.314. The monoisotopic (exact) mass is 327 g/mol. The second-order valence-electron chi connectivity index (χ2n) is 7.99. The van der Waals surface area contributed by atoms with Gasteiger partial charge in [-0.2, -0.15) is 0 Å². The zero-order valence-corrected chi connectivity index (χ0v) is 15.2. The number of nitrogens with zero attached hydrogens (tertiary/aromatic N) is 1. The Morgan fingerprint density at radius 1 is 1.22 bits per heavy atom. The van der Waals surface area contributed by atoms with Crippen LogP contribution in [0.1, 0.15) is 60.3 Å². The molecule has 5 nitrogen and oxygen atoms in total. The first-order chi connectivity index (χ1) is 10.7. The van der Waals surface area contributed by atoms with Gasteiger partial charge in [-0.15, -0.1) is 0 Å². The number of hydrogen-bond acceptors (Lipinski definition) is 5. The van der Waals surface area contributed by atoms with Crippen LogP contribution in [0, 0.1) is 11.3 Å². The highest BCUT2D eigenvalue weighted by atomic mass is 16.7. The molecule has 3 unspecified atom stereocenters. The van der Waals surface area contributed by atoms with Gasteiger partial charge in [0.1, 0.15) is 12.3 Å². The molecule has 0 bridgehead atoms. The third-order valence-corrected chi connectivity index (χ3v) is 5.24. The van der Waals surface area contributed by atoms with Crippen LogP contribution in [0.5, 0.6) is 0 Å². The molecule has 2 rings (SSSR count). The Labute approximate surface area is 140 Å². The van der Waals surface area contributed by atoms with Crippen LogP contribution in [0.2, 0.25) is 0 Å². The molecule has 1 aliphatic heterocycles. The third-order valence-electron chi connectivity index (χ3n) is 5.24. The number of rotatable bonds is 4. The predicted molar refractivity (Wildman–Crippen MR) is 89.3 cm³/mol. The van der Waals surface area contributed by atoms with Gasteiger partial charge in [0.25, 0.3) is 0 Å². The van der Waals surface area contributed by atoms with Gasteiger partial charge in [0.05, 0.1) is 6.61 Å². The number of ether oxygens (including phenoxy) is 2. The Morgan fingerprint density at radius 3 is 2.30 bits per heavy atom. The topological polar surface area (TPSA) is 62.2 Å². The van der Waals surface area contributed by atoms with Gasteiger partial charge < -0.3 is 24.6 Å². The van der Waals surface area contributed by atoms with Crippen molar-refractivity contribution in [2.75, 3.05) is 6.61 Å². The van der Waals surface area contributed by atoms with Crippen LogP contribution < -0.4 is 0 Å². The van der Waals surface area contributed by atoms with E-state index in [2.05, 4.69) is 20.8 Å². The maximum atomic E-state index is 10.5. The van der Waals surface area contributed by atoms with E-state index >= 15 is 0 Å². The first-order valence-corrected chi connectivity index (χ1v) is 8.77. The zero-order valence-electron chi connectivity index (χ0n) is 15.2. The molecule has 23 heavy (non-hydrogen) atoms. The molecule has 1 aliphatic carbocycles. The highest BCUT2D eigenvalue weighted by Gasteiger charge is 2.48. The lowest BCUT2D eigenvalue weighted by atomic mass is 9.71. The van der Waals surface area contributed by atoms with E-state index in [9.17, 15) is 10.2 Å². The van der Waals surface area contributed by atoms with Gasteiger partial charge in [0.2, 0.25) is 0 Å². The summed E-state index contributed by atoms with van der Waals surface area (Å²) in [6, 6.07) is 0. The highest BCUT2D eigenvalue weighted by molar-refractivity contribution is 4.92. The maximum Gasteiger partial charge on any atom is 0.169 e. The highest BCUT2D eigenvalue weighted by Crippen LogP contribution is 2.46. The van der Waals surface area contributed by atoms with E-state index in [1.807, 2.05) is 6.92 Å². The van der Waals surface area contributed by atoms with Crippen molar-refractivity contribution in [1.82, 2.24) is 4.90 Å². The summed E-state index contributed by atoms with van der Waals surface area (Å²) in [6.07, 6.45) is 5.25. The molecular weight excluding hydrogens is 294 g/mol. The smallest absolute Gasteiger partial charge is 0.169 e. The van der Waals surface area contributed by atoms with Crippen LogP contribution in [-0.2, 0) is 9.47 Å². The number of hydrogen-bond donors (Lipinski definition) is 2. The van der Waals surface area contributed by atoms with E-state index in [0.717, 1.165) is 25.7 Å². The van der Waals surface area contributed by atoms with Crippen LogP contribution in [0.25, 0.3) is 0 Å². The van der Waals surface area contributed by atoms with Gasteiger partial charge in [-0.25, -0.2) is 0 Å². The predicted octanol–water partition coefficient (Wildman–Crippen LogP) is 2.83. The minimum atomic E-state index is -0.911. The second kappa shape index (κ2) is 7.09. The molecule has 0 aromatic heterocycles. The van der Waals surface area contributed by atoms with Crippen molar-refractivity contribution in [1.29, 1.82) is 0 Å². The fourth-order valence-electron chi connectivity index (χ4n) is 3.71. The van der Waals surface area contributed by atoms with Crippen LogP contribution in [0.4, 0.5) is 0 Å². The molecule has 1 spiro atoms. The second-order valence-corrected chi connectivity index (χ2v) is 7.99. The van der Waals surface area contributed by atoms with Gasteiger partial charge in [-0.1, -0.05) is 26.8 Å². The quantitative estimate of drug-likeness (QED) is 0.778. The normalized spacial score (nSPS) is 34.9. The summed E-state index contributed by atoms with van der Waals surface area (Å²) < 4.78 is 12.1. The molecule has 3 atom stereocenters. The molecule has 2 aliphatic rings. The van der Waals surface area contributed by atoms with Crippen molar-refractivity contribution in [2.45, 2.75) is 84.6 Å². The van der Waals surface area contributed by atoms with Gasteiger partial charge in [0.15, 0.2) is 12.0 Å². The molecule has 2 fully saturated rings. The van der Waals surface area contributed by atoms with Gasteiger partial charge in [0, 0.05) is 12.8 Å². The lowest BCUT2D eigenvalue weighted by molar-refractivity contribution is -0.216. The lowest BCUT2D eigenvalue weighted by Crippen LogP contribution is -2.47. The van der Waals surface area contributed by atoms with Gasteiger partial charge >= 0.3 is 0 Å². The van der Waals surface area contributed by atoms with E-state index in [0.29, 0.717) is 17.9 Å². The summed E-state index contributed by atoms with van der Waals surface area (Å²) in [6.45, 7) is 10.7. The summed E-state index contributed by atoms with van der Waals surface area (Å²) in [5, 5.41) is 20.3. The summed E-state index contributed by atoms with van der Waals surface area (Å²) in [5.74, 6) is 0.134. The van der Waals surface area contributed by atoms with Crippen molar-refractivity contribution < 1.29 is 19.7 Å². The molecule has 5 heteroatoms. The van der Waals surface area contributed by atoms with E-state index < -0.39 is 24.3 Å². The van der Waals surface area contributed by atoms with Crippen molar-refractivity contribution in [3.05, 3.63) is 12.3 Å².